The number of nitrogens with two attached hydrogens (primary N) is 2. The van der Waals surface area contributed by atoms with Gasteiger partial charge in [0.25, 0.3) is 11.8 Å². The Bertz CT molecular complexity index is 894. The monoisotopic (exact) mass is 354 g/mol. The molecule has 0 fully saturated rings. The first-order valence-corrected chi connectivity index (χ1v) is 7.81. The summed E-state index contributed by atoms with van der Waals surface area (Å²) >= 11 is 0. The minimum Gasteiger partial charge on any atom is -0.484 e. The summed E-state index contributed by atoms with van der Waals surface area (Å²) in [5.74, 6) is 10.4. The van der Waals surface area contributed by atoms with Crippen LogP contribution in [0.2, 0.25) is 0 Å². The lowest BCUT2D eigenvalue weighted by atomic mass is 10.0. The summed E-state index contributed by atoms with van der Waals surface area (Å²) in [6, 6.07) is 15.1. The lowest BCUT2D eigenvalue weighted by molar-refractivity contribution is -0.123. The molecule has 8 heteroatoms. The third kappa shape index (κ3) is 4.00. The SMILES string of the molecule is NNC(=O)COc1ccc2cc3cc(OCC(=O)NN)ccc3cc2c1. The van der Waals surface area contributed by atoms with Crippen molar-refractivity contribution in [2.75, 3.05) is 13.2 Å². The molecule has 0 aliphatic carbocycles. The van der Waals surface area contributed by atoms with Crippen LogP contribution in [0, 0.1) is 0 Å². The first kappa shape index (κ1) is 17.5. The van der Waals surface area contributed by atoms with Crippen LogP contribution < -0.4 is 32.0 Å². The Hall–Kier alpha value is -3.36. The van der Waals surface area contributed by atoms with Crippen molar-refractivity contribution >= 4 is 33.4 Å². The molecule has 0 atom stereocenters. The molecule has 134 valence electrons. The van der Waals surface area contributed by atoms with Gasteiger partial charge in [0, 0.05) is 0 Å². The highest BCUT2D eigenvalue weighted by atomic mass is 16.5. The maximum absolute atomic E-state index is 11.2. The zero-order valence-corrected chi connectivity index (χ0v) is 13.8. The van der Waals surface area contributed by atoms with Crippen LogP contribution in [0.1, 0.15) is 0 Å². The molecule has 0 heterocycles. The normalized spacial score (nSPS) is 10.5. The Morgan fingerprint density at radius 1 is 0.692 bits per heavy atom. The van der Waals surface area contributed by atoms with Gasteiger partial charge in [0.15, 0.2) is 13.2 Å². The number of carbonyl (C=O) groups excluding carboxylic acids is 2. The quantitative estimate of drug-likeness (QED) is 0.224. The van der Waals surface area contributed by atoms with Gasteiger partial charge in [-0.15, -0.1) is 0 Å². The number of carbonyl (C=O) groups is 2. The molecular weight excluding hydrogens is 336 g/mol. The van der Waals surface area contributed by atoms with Crippen molar-refractivity contribution in [1.82, 2.24) is 10.9 Å². The van der Waals surface area contributed by atoms with Gasteiger partial charge < -0.3 is 9.47 Å². The average Bonchev–Trinajstić information content (AvgIpc) is 2.68. The third-order valence-electron chi connectivity index (χ3n) is 3.80. The molecule has 8 nitrogen and oxygen atoms in total. The molecule has 3 aromatic carbocycles. The smallest absolute Gasteiger partial charge is 0.271 e. The summed E-state index contributed by atoms with van der Waals surface area (Å²) in [5.41, 5.74) is 4.03. The molecule has 0 aliphatic rings. The highest BCUT2D eigenvalue weighted by Gasteiger charge is 2.05. The van der Waals surface area contributed by atoms with Gasteiger partial charge in [-0.25, -0.2) is 11.7 Å². The summed E-state index contributed by atoms with van der Waals surface area (Å²) in [7, 11) is 0. The molecule has 3 rings (SSSR count). The molecule has 26 heavy (non-hydrogen) atoms. The molecule has 0 spiro atoms. The fourth-order valence-electron chi connectivity index (χ4n) is 2.51. The van der Waals surface area contributed by atoms with Crippen molar-refractivity contribution in [3.8, 4) is 11.5 Å². The van der Waals surface area contributed by atoms with E-state index < -0.39 is 11.8 Å². The van der Waals surface area contributed by atoms with Gasteiger partial charge in [0.05, 0.1) is 0 Å². The number of hydrazine groups is 2. The highest BCUT2D eigenvalue weighted by molar-refractivity contribution is 5.99. The summed E-state index contributed by atoms with van der Waals surface area (Å²) < 4.78 is 10.8. The van der Waals surface area contributed by atoms with Gasteiger partial charge in [-0.3, -0.25) is 20.4 Å². The Balaban J connectivity index is 1.85. The van der Waals surface area contributed by atoms with E-state index in [9.17, 15) is 9.59 Å². The maximum Gasteiger partial charge on any atom is 0.271 e. The molecule has 2 amide bonds. The first-order valence-electron chi connectivity index (χ1n) is 7.81. The summed E-state index contributed by atoms with van der Waals surface area (Å²) in [6.07, 6.45) is 0. The van der Waals surface area contributed by atoms with Crippen LogP contribution in [-0.4, -0.2) is 25.0 Å². The van der Waals surface area contributed by atoms with Crippen LogP contribution in [0.25, 0.3) is 21.5 Å². The number of ether oxygens (including phenoxy) is 2. The van der Waals surface area contributed by atoms with Crippen molar-refractivity contribution in [2.24, 2.45) is 11.7 Å². The number of nitrogens with one attached hydrogen (secondary N) is 2. The zero-order chi connectivity index (χ0) is 18.5. The van der Waals surface area contributed by atoms with E-state index in [0.29, 0.717) is 11.5 Å². The molecule has 0 saturated carbocycles. The lowest BCUT2D eigenvalue weighted by Gasteiger charge is -2.09. The molecule has 0 aromatic heterocycles. The Labute approximate surface area is 149 Å². The molecule has 3 aromatic rings. The van der Waals surface area contributed by atoms with Crippen molar-refractivity contribution in [1.29, 1.82) is 0 Å². The second-order valence-electron chi connectivity index (χ2n) is 5.58. The summed E-state index contributed by atoms with van der Waals surface area (Å²) in [6.45, 7) is -0.292. The minimum absolute atomic E-state index is 0.146. The predicted octanol–water partition coefficient (Wildman–Crippen LogP) is 0.730. The van der Waals surface area contributed by atoms with E-state index >= 15 is 0 Å². The number of hydrogen-bond donors (Lipinski definition) is 4. The zero-order valence-electron chi connectivity index (χ0n) is 13.8. The van der Waals surface area contributed by atoms with E-state index in [1.54, 1.807) is 12.1 Å². The number of rotatable bonds is 6. The van der Waals surface area contributed by atoms with Crippen LogP contribution in [-0.2, 0) is 9.59 Å². The minimum atomic E-state index is -0.403. The Kier molecular flexibility index (Phi) is 5.16. The summed E-state index contributed by atoms with van der Waals surface area (Å²) in [4.78, 5) is 22.3. The third-order valence-corrected chi connectivity index (χ3v) is 3.80. The first-order chi connectivity index (χ1) is 12.6. The second kappa shape index (κ2) is 7.68. The molecular formula is C18H18N4O4. The number of amides is 2. The number of fused-ring (bicyclic) bond motifs is 2. The van der Waals surface area contributed by atoms with Gasteiger partial charge >= 0.3 is 0 Å². The number of benzene rings is 3. The predicted molar refractivity (Wildman–Crippen MR) is 97.1 cm³/mol. The average molecular weight is 354 g/mol. The molecule has 0 unspecified atom stereocenters. The molecule has 0 saturated heterocycles. The van der Waals surface area contributed by atoms with E-state index in [2.05, 4.69) is 0 Å². The largest absolute Gasteiger partial charge is 0.484 e. The van der Waals surface area contributed by atoms with Crippen molar-refractivity contribution in [3.63, 3.8) is 0 Å². The van der Waals surface area contributed by atoms with Gasteiger partial charge in [-0.05, 0) is 57.9 Å². The Morgan fingerprint density at radius 3 is 1.50 bits per heavy atom. The van der Waals surface area contributed by atoms with E-state index in [1.165, 1.54) is 0 Å². The standard InChI is InChI=1S/C18H18N4O4/c19-21-17(23)9-25-15-3-1-11-5-14-8-16(26-10-18(24)22-20)4-2-12(14)6-13(11)7-15/h1-8H,9-10,19-20H2,(H,21,23)(H,22,24). The van der Waals surface area contributed by atoms with Crippen LogP contribution in [0.15, 0.2) is 48.5 Å². The van der Waals surface area contributed by atoms with Crippen molar-refractivity contribution < 1.29 is 19.1 Å². The lowest BCUT2D eigenvalue weighted by Crippen LogP contribution is -2.34. The van der Waals surface area contributed by atoms with Gasteiger partial charge in [0.1, 0.15) is 11.5 Å². The second-order valence-corrected chi connectivity index (χ2v) is 5.58. The van der Waals surface area contributed by atoms with Crippen LogP contribution in [0.5, 0.6) is 11.5 Å². The van der Waals surface area contributed by atoms with Crippen LogP contribution in [0.3, 0.4) is 0 Å². The van der Waals surface area contributed by atoms with Crippen molar-refractivity contribution in [3.05, 3.63) is 48.5 Å². The van der Waals surface area contributed by atoms with Gasteiger partial charge in [-0.2, -0.15) is 0 Å². The molecule has 0 radical (unpaired) electrons. The van der Waals surface area contributed by atoms with Crippen molar-refractivity contribution in [2.45, 2.75) is 0 Å². The van der Waals surface area contributed by atoms with E-state index in [4.69, 9.17) is 21.2 Å². The molecule has 0 bridgehead atoms. The fraction of sp³-hybridized carbons (Fsp3) is 0.111. The maximum atomic E-state index is 11.2. The van der Waals surface area contributed by atoms with Gasteiger partial charge in [0.2, 0.25) is 0 Å². The van der Waals surface area contributed by atoms with E-state index in [0.717, 1.165) is 21.5 Å². The van der Waals surface area contributed by atoms with Crippen LogP contribution in [0.4, 0.5) is 0 Å². The summed E-state index contributed by atoms with van der Waals surface area (Å²) in [5, 5.41) is 3.95. The highest BCUT2D eigenvalue weighted by Crippen LogP contribution is 2.28. The van der Waals surface area contributed by atoms with E-state index in [-0.39, 0.29) is 13.2 Å². The van der Waals surface area contributed by atoms with Gasteiger partial charge in [-0.1, -0.05) is 12.1 Å². The molecule has 6 N–H and O–H groups in total. The van der Waals surface area contributed by atoms with Crippen LogP contribution >= 0.6 is 0 Å². The molecule has 0 aliphatic heterocycles. The van der Waals surface area contributed by atoms with E-state index in [1.807, 2.05) is 47.2 Å². The number of hydrogen-bond acceptors (Lipinski definition) is 6. The fourth-order valence-corrected chi connectivity index (χ4v) is 2.51. The topological polar surface area (TPSA) is 129 Å². The Morgan fingerprint density at radius 2 is 1.12 bits per heavy atom.